The summed E-state index contributed by atoms with van der Waals surface area (Å²) in [6.45, 7) is 1.13. The lowest BCUT2D eigenvalue weighted by Gasteiger charge is -2.27. The van der Waals surface area contributed by atoms with Crippen molar-refractivity contribution in [3.8, 4) is 5.75 Å². The number of piperidine rings is 1. The molecule has 2 N–H and O–H groups in total. The Labute approximate surface area is 184 Å². The van der Waals surface area contributed by atoms with E-state index in [-0.39, 0.29) is 4.90 Å². The SMILES string of the molecule is COc1cccc(NC(=S)Nc2cc(S(=O)(=O)N3CCCCC3)ccc2N(C)C)c1. The van der Waals surface area contributed by atoms with Gasteiger partial charge in [-0.25, -0.2) is 8.42 Å². The van der Waals surface area contributed by atoms with Gasteiger partial charge in [-0.3, -0.25) is 0 Å². The molecule has 1 aliphatic rings. The molecule has 1 aliphatic heterocycles. The predicted octanol–water partition coefficient (Wildman–Crippen LogP) is 3.74. The molecule has 0 aromatic heterocycles. The molecule has 0 amide bonds. The van der Waals surface area contributed by atoms with Crippen LogP contribution in [-0.4, -0.2) is 52.1 Å². The van der Waals surface area contributed by atoms with Crippen LogP contribution in [0.2, 0.25) is 0 Å². The number of nitrogens with one attached hydrogen (secondary N) is 2. The van der Waals surface area contributed by atoms with E-state index in [1.165, 1.54) is 0 Å². The fraction of sp³-hybridized carbons (Fsp3) is 0.381. The van der Waals surface area contributed by atoms with Crippen molar-refractivity contribution in [1.82, 2.24) is 4.31 Å². The van der Waals surface area contributed by atoms with Gasteiger partial charge in [0.15, 0.2) is 5.11 Å². The summed E-state index contributed by atoms with van der Waals surface area (Å²) < 4.78 is 33.0. The van der Waals surface area contributed by atoms with E-state index < -0.39 is 10.0 Å². The molecule has 3 rings (SSSR count). The molecule has 1 heterocycles. The zero-order valence-corrected chi connectivity index (χ0v) is 19.1. The maximum atomic E-state index is 13.1. The number of rotatable bonds is 6. The van der Waals surface area contributed by atoms with Gasteiger partial charge in [-0.2, -0.15) is 4.31 Å². The monoisotopic (exact) mass is 448 g/mol. The third-order valence-corrected chi connectivity index (χ3v) is 7.08. The zero-order valence-electron chi connectivity index (χ0n) is 17.5. The van der Waals surface area contributed by atoms with Gasteiger partial charge in [-0.1, -0.05) is 12.5 Å². The molecule has 0 bridgehead atoms. The molecule has 0 radical (unpaired) electrons. The Bertz CT molecular complexity index is 1000. The first-order valence-corrected chi connectivity index (χ1v) is 11.7. The molecule has 162 valence electrons. The Morgan fingerprint density at radius 3 is 2.47 bits per heavy atom. The van der Waals surface area contributed by atoms with Crippen LogP contribution in [0.4, 0.5) is 17.1 Å². The van der Waals surface area contributed by atoms with E-state index in [0.29, 0.717) is 29.6 Å². The third kappa shape index (κ3) is 5.21. The summed E-state index contributed by atoms with van der Waals surface area (Å²) in [5.41, 5.74) is 2.23. The van der Waals surface area contributed by atoms with Crippen LogP contribution < -0.4 is 20.3 Å². The topological polar surface area (TPSA) is 73.9 Å². The zero-order chi connectivity index (χ0) is 21.7. The van der Waals surface area contributed by atoms with Gasteiger partial charge in [0.05, 0.1) is 23.4 Å². The molecule has 1 saturated heterocycles. The Balaban J connectivity index is 1.84. The lowest BCUT2D eigenvalue weighted by molar-refractivity contribution is 0.346. The number of thiocarbonyl (C=S) groups is 1. The summed E-state index contributed by atoms with van der Waals surface area (Å²) in [5, 5.41) is 6.62. The summed E-state index contributed by atoms with van der Waals surface area (Å²) in [5.74, 6) is 0.714. The molecule has 9 heteroatoms. The first kappa shape index (κ1) is 22.3. The standard InChI is InChI=1S/C21H28N4O3S2/c1-24(2)20-11-10-18(30(26,27)25-12-5-4-6-13-25)15-19(20)23-21(29)22-16-8-7-9-17(14-16)28-3/h7-11,14-15H,4-6,12-13H2,1-3H3,(H2,22,23,29). The maximum absolute atomic E-state index is 13.1. The number of hydrogen-bond acceptors (Lipinski definition) is 5. The number of methoxy groups -OCH3 is 1. The van der Waals surface area contributed by atoms with E-state index in [9.17, 15) is 8.42 Å². The summed E-state index contributed by atoms with van der Waals surface area (Å²) in [4.78, 5) is 2.18. The summed E-state index contributed by atoms with van der Waals surface area (Å²) >= 11 is 5.46. The quantitative estimate of drug-likeness (QED) is 0.652. The number of anilines is 3. The second-order valence-corrected chi connectivity index (χ2v) is 9.70. The molecule has 2 aromatic carbocycles. The Morgan fingerprint density at radius 1 is 1.07 bits per heavy atom. The highest BCUT2D eigenvalue weighted by atomic mass is 32.2. The normalized spacial score (nSPS) is 14.8. The van der Waals surface area contributed by atoms with Crippen LogP contribution in [0.25, 0.3) is 0 Å². The van der Waals surface area contributed by atoms with Gasteiger partial charge < -0.3 is 20.3 Å². The summed E-state index contributed by atoms with van der Waals surface area (Å²) in [6, 6.07) is 12.5. The van der Waals surface area contributed by atoms with Gasteiger partial charge >= 0.3 is 0 Å². The highest BCUT2D eigenvalue weighted by Crippen LogP contribution is 2.30. The van der Waals surface area contributed by atoms with Crippen molar-refractivity contribution < 1.29 is 13.2 Å². The first-order valence-electron chi connectivity index (χ1n) is 9.85. The molecule has 0 atom stereocenters. The molecule has 2 aromatic rings. The second kappa shape index (κ2) is 9.63. The van der Waals surface area contributed by atoms with Crippen molar-refractivity contribution in [2.75, 3.05) is 49.8 Å². The Kier molecular flexibility index (Phi) is 7.17. The Morgan fingerprint density at radius 2 is 1.80 bits per heavy atom. The predicted molar refractivity (Wildman–Crippen MR) is 126 cm³/mol. The molecule has 0 unspecified atom stereocenters. The summed E-state index contributed by atoms with van der Waals surface area (Å²) in [6.07, 6.45) is 2.87. The van der Waals surface area contributed by atoms with Gasteiger partial charge in [0, 0.05) is 38.9 Å². The van der Waals surface area contributed by atoms with Crippen LogP contribution in [0.5, 0.6) is 5.75 Å². The highest BCUT2D eigenvalue weighted by molar-refractivity contribution is 7.89. The largest absolute Gasteiger partial charge is 0.497 e. The minimum atomic E-state index is -3.54. The number of ether oxygens (including phenoxy) is 1. The van der Waals surface area contributed by atoms with Gasteiger partial charge in [-0.15, -0.1) is 0 Å². The Hall–Kier alpha value is -2.36. The van der Waals surface area contributed by atoms with E-state index in [1.807, 2.05) is 43.3 Å². The van der Waals surface area contributed by atoms with Crippen LogP contribution in [0.15, 0.2) is 47.4 Å². The van der Waals surface area contributed by atoms with Gasteiger partial charge in [-0.05, 0) is 55.4 Å². The minimum Gasteiger partial charge on any atom is -0.497 e. The maximum Gasteiger partial charge on any atom is 0.243 e. The van der Waals surface area contributed by atoms with Crippen molar-refractivity contribution in [2.24, 2.45) is 0 Å². The molecule has 0 spiro atoms. The van der Waals surface area contributed by atoms with Crippen LogP contribution in [-0.2, 0) is 10.0 Å². The van der Waals surface area contributed by atoms with Gasteiger partial charge in [0.2, 0.25) is 10.0 Å². The van der Waals surface area contributed by atoms with Crippen LogP contribution in [0.1, 0.15) is 19.3 Å². The van der Waals surface area contributed by atoms with Crippen LogP contribution in [0, 0.1) is 0 Å². The third-order valence-electron chi connectivity index (χ3n) is 4.98. The molecular formula is C21H28N4O3S2. The highest BCUT2D eigenvalue weighted by Gasteiger charge is 2.26. The molecule has 7 nitrogen and oxygen atoms in total. The lowest BCUT2D eigenvalue weighted by Crippen LogP contribution is -2.35. The van der Waals surface area contributed by atoms with E-state index in [4.69, 9.17) is 17.0 Å². The van der Waals surface area contributed by atoms with E-state index in [0.717, 1.165) is 30.6 Å². The fourth-order valence-electron chi connectivity index (χ4n) is 3.41. The van der Waals surface area contributed by atoms with Gasteiger partial charge in [0.25, 0.3) is 0 Å². The van der Waals surface area contributed by atoms with Crippen molar-refractivity contribution in [3.05, 3.63) is 42.5 Å². The van der Waals surface area contributed by atoms with E-state index >= 15 is 0 Å². The molecule has 30 heavy (non-hydrogen) atoms. The second-order valence-electron chi connectivity index (χ2n) is 7.35. The fourth-order valence-corrected chi connectivity index (χ4v) is 5.18. The smallest absolute Gasteiger partial charge is 0.243 e. The molecule has 0 aliphatic carbocycles. The molecular weight excluding hydrogens is 420 g/mol. The van der Waals surface area contributed by atoms with Crippen molar-refractivity contribution >= 4 is 44.4 Å². The number of hydrogen-bond donors (Lipinski definition) is 2. The number of nitrogens with zero attached hydrogens (tertiary/aromatic N) is 2. The van der Waals surface area contributed by atoms with Crippen LogP contribution in [0.3, 0.4) is 0 Å². The molecule has 0 saturated carbocycles. The van der Waals surface area contributed by atoms with Crippen LogP contribution >= 0.6 is 12.2 Å². The average Bonchev–Trinajstić information content (AvgIpc) is 2.74. The summed E-state index contributed by atoms with van der Waals surface area (Å²) in [7, 11) is 1.87. The minimum absolute atomic E-state index is 0.265. The van der Waals surface area contributed by atoms with Gasteiger partial charge in [0.1, 0.15) is 5.75 Å². The lowest BCUT2D eigenvalue weighted by atomic mass is 10.2. The van der Waals surface area contributed by atoms with Crippen molar-refractivity contribution in [2.45, 2.75) is 24.2 Å². The number of sulfonamides is 1. The average molecular weight is 449 g/mol. The van der Waals surface area contributed by atoms with Crippen molar-refractivity contribution in [1.29, 1.82) is 0 Å². The van der Waals surface area contributed by atoms with E-state index in [2.05, 4.69) is 10.6 Å². The molecule has 1 fully saturated rings. The van der Waals surface area contributed by atoms with Crippen molar-refractivity contribution in [3.63, 3.8) is 0 Å². The number of benzene rings is 2. The first-order chi connectivity index (χ1) is 14.3. The van der Waals surface area contributed by atoms with E-state index in [1.54, 1.807) is 29.6 Å².